The van der Waals surface area contributed by atoms with Gasteiger partial charge >= 0.3 is 5.97 Å². The van der Waals surface area contributed by atoms with Crippen molar-refractivity contribution in [2.45, 2.75) is 123 Å². The molecule has 0 rings (SSSR count). The maximum absolute atomic E-state index is 12.1. The molecule has 0 aromatic rings. The zero-order valence-electron chi connectivity index (χ0n) is 23.3. The van der Waals surface area contributed by atoms with Crippen LogP contribution in [0.15, 0.2) is 0 Å². The zero-order chi connectivity index (χ0) is 27.6. The van der Waals surface area contributed by atoms with Crippen LogP contribution in [0.1, 0.15) is 117 Å². The number of nitrogens with one attached hydrogen (secondary N) is 2. The Balaban J connectivity index is 3.72. The third-order valence-corrected chi connectivity index (χ3v) is 6.05. The third-order valence-electron chi connectivity index (χ3n) is 6.05. The van der Waals surface area contributed by atoms with Gasteiger partial charge in [0.15, 0.2) is 5.78 Å². The van der Waals surface area contributed by atoms with E-state index in [0.29, 0.717) is 19.6 Å². The molecule has 0 heterocycles. The van der Waals surface area contributed by atoms with Crippen LogP contribution in [0.2, 0.25) is 0 Å². The highest BCUT2D eigenvalue weighted by atomic mass is 16.5. The number of ketones is 1. The van der Waals surface area contributed by atoms with Crippen molar-refractivity contribution in [3.8, 4) is 0 Å². The number of carboxylic acids is 1. The van der Waals surface area contributed by atoms with Crippen molar-refractivity contribution in [1.29, 1.82) is 0 Å². The number of hydrogen-bond acceptors (Lipinski definition) is 6. The van der Waals surface area contributed by atoms with Gasteiger partial charge in [0.1, 0.15) is 12.6 Å². The number of carbonyl (C=O) groups excluding carboxylic acids is 3. The van der Waals surface area contributed by atoms with Crippen molar-refractivity contribution < 1.29 is 33.8 Å². The standard InChI is InChI=1S/C28H52N2O7/c1-3-4-5-6-7-8-9-10-11-12-13-14-15-16-27(33)30-25(28(34)35)17-18-26(32)29-19-20-36-21-22-37-23-24(2)31/h25H,3-23H2,1-2H3,(H,29,32)(H,30,33)(H,34,35)/t25-/m0/s1. The summed E-state index contributed by atoms with van der Waals surface area (Å²) in [4.78, 5) is 46.3. The first kappa shape index (κ1) is 35.0. The molecule has 0 fully saturated rings. The number of amides is 2. The van der Waals surface area contributed by atoms with Crippen LogP contribution in [0.3, 0.4) is 0 Å². The average Bonchev–Trinajstić information content (AvgIpc) is 2.85. The number of aliphatic carboxylic acids is 1. The van der Waals surface area contributed by atoms with Crippen LogP contribution < -0.4 is 10.6 Å². The Morgan fingerprint density at radius 2 is 1.24 bits per heavy atom. The van der Waals surface area contributed by atoms with E-state index in [9.17, 15) is 24.3 Å². The Bertz CT molecular complexity index is 613. The second-order valence-corrected chi connectivity index (χ2v) is 9.71. The van der Waals surface area contributed by atoms with E-state index < -0.39 is 12.0 Å². The molecule has 0 aliphatic carbocycles. The summed E-state index contributed by atoms with van der Waals surface area (Å²) >= 11 is 0. The molecule has 0 unspecified atom stereocenters. The fourth-order valence-electron chi connectivity index (χ4n) is 3.89. The lowest BCUT2D eigenvalue weighted by atomic mass is 10.0. The van der Waals surface area contributed by atoms with Crippen LogP contribution in [-0.2, 0) is 28.7 Å². The lowest BCUT2D eigenvalue weighted by Crippen LogP contribution is -2.41. The van der Waals surface area contributed by atoms with E-state index in [2.05, 4.69) is 17.6 Å². The molecule has 0 aromatic heterocycles. The summed E-state index contributed by atoms with van der Waals surface area (Å²) < 4.78 is 10.3. The van der Waals surface area contributed by atoms with Crippen LogP contribution in [0.4, 0.5) is 0 Å². The number of unbranched alkanes of at least 4 members (excludes halogenated alkanes) is 12. The summed E-state index contributed by atoms with van der Waals surface area (Å²) in [6.45, 7) is 4.92. The largest absolute Gasteiger partial charge is 0.480 e. The molecule has 2 amide bonds. The summed E-state index contributed by atoms with van der Waals surface area (Å²) in [6.07, 6.45) is 16.2. The molecule has 9 nitrogen and oxygen atoms in total. The second kappa shape index (κ2) is 25.6. The van der Waals surface area contributed by atoms with Gasteiger partial charge in [-0.25, -0.2) is 4.79 Å². The Morgan fingerprint density at radius 3 is 1.78 bits per heavy atom. The summed E-state index contributed by atoms with van der Waals surface area (Å²) in [5.74, 6) is -1.77. The van der Waals surface area contributed by atoms with Crippen molar-refractivity contribution in [1.82, 2.24) is 10.6 Å². The van der Waals surface area contributed by atoms with Gasteiger partial charge in [-0.3, -0.25) is 14.4 Å². The highest BCUT2D eigenvalue weighted by Gasteiger charge is 2.20. The van der Waals surface area contributed by atoms with Crippen molar-refractivity contribution in [3.63, 3.8) is 0 Å². The minimum atomic E-state index is -1.14. The lowest BCUT2D eigenvalue weighted by Gasteiger charge is -2.14. The molecule has 0 aliphatic heterocycles. The van der Waals surface area contributed by atoms with Crippen molar-refractivity contribution in [2.24, 2.45) is 0 Å². The highest BCUT2D eigenvalue weighted by molar-refractivity contribution is 5.84. The predicted molar refractivity (Wildman–Crippen MR) is 144 cm³/mol. The van der Waals surface area contributed by atoms with Gasteiger partial charge in [-0.2, -0.15) is 0 Å². The van der Waals surface area contributed by atoms with Gasteiger partial charge in [0, 0.05) is 19.4 Å². The second-order valence-electron chi connectivity index (χ2n) is 9.71. The van der Waals surface area contributed by atoms with E-state index in [4.69, 9.17) is 9.47 Å². The van der Waals surface area contributed by atoms with Crippen LogP contribution in [0, 0.1) is 0 Å². The molecule has 216 valence electrons. The van der Waals surface area contributed by atoms with Crippen molar-refractivity contribution in [2.75, 3.05) is 33.0 Å². The van der Waals surface area contributed by atoms with E-state index in [0.717, 1.165) is 19.3 Å². The number of rotatable bonds is 27. The fraction of sp³-hybridized carbons (Fsp3) is 0.857. The van der Waals surface area contributed by atoms with Crippen LogP contribution >= 0.6 is 0 Å². The van der Waals surface area contributed by atoms with Crippen LogP contribution in [0.25, 0.3) is 0 Å². The Morgan fingerprint density at radius 1 is 0.703 bits per heavy atom. The maximum Gasteiger partial charge on any atom is 0.326 e. The first-order chi connectivity index (χ1) is 17.9. The Labute approximate surface area is 223 Å². The van der Waals surface area contributed by atoms with Crippen LogP contribution in [-0.4, -0.2) is 67.7 Å². The zero-order valence-corrected chi connectivity index (χ0v) is 23.3. The molecule has 37 heavy (non-hydrogen) atoms. The minimum Gasteiger partial charge on any atom is -0.480 e. The molecule has 0 spiro atoms. The third kappa shape index (κ3) is 25.4. The van der Waals surface area contributed by atoms with Gasteiger partial charge in [-0.1, -0.05) is 84.0 Å². The highest BCUT2D eigenvalue weighted by Crippen LogP contribution is 2.13. The lowest BCUT2D eigenvalue weighted by molar-refractivity contribution is -0.142. The van der Waals surface area contributed by atoms with Gasteiger partial charge in [-0.05, 0) is 19.8 Å². The van der Waals surface area contributed by atoms with E-state index in [1.165, 1.54) is 71.1 Å². The molecule has 0 saturated carbocycles. The SMILES string of the molecule is CCCCCCCCCCCCCCCC(=O)N[C@@H](CCC(=O)NCCOCCOCC(C)=O)C(=O)O. The molecule has 9 heteroatoms. The average molecular weight is 529 g/mol. The fourth-order valence-corrected chi connectivity index (χ4v) is 3.89. The van der Waals surface area contributed by atoms with E-state index in [-0.39, 0.29) is 50.2 Å². The molecule has 1 atom stereocenters. The summed E-state index contributed by atoms with van der Waals surface area (Å²) in [5.41, 5.74) is 0. The molecule has 0 aliphatic rings. The van der Waals surface area contributed by atoms with Gasteiger partial charge in [-0.15, -0.1) is 0 Å². The molecule has 0 saturated heterocycles. The summed E-state index contributed by atoms with van der Waals surface area (Å²) in [6, 6.07) is -1.07. The molecular formula is C28H52N2O7. The number of hydrogen-bond donors (Lipinski definition) is 3. The quantitative estimate of drug-likeness (QED) is 0.133. The minimum absolute atomic E-state index is 0.00227. The monoisotopic (exact) mass is 528 g/mol. The Hall–Kier alpha value is -2.00. The number of ether oxygens (including phenoxy) is 2. The first-order valence-corrected chi connectivity index (χ1v) is 14.3. The van der Waals surface area contributed by atoms with Crippen molar-refractivity contribution in [3.05, 3.63) is 0 Å². The number of carboxylic acid groups (broad SMARTS) is 1. The molecule has 0 aromatic carbocycles. The van der Waals surface area contributed by atoms with E-state index in [1.54, 1.807) is 0 Å². The van der Waals surface area contributed by atoms with Gasteiger partial charge < -0.3 is 25.2 Å². The smallest absolute Gasteiger partial charge is 0.326 e. The normalized spacial score (nSPS) is 11.7. The van der Waals surface area contributed by atoms with E-state index >= 15 is 0 Å². The maximum atomic E-state index is 12.1. The molecule has 0 radical (unpaired) electrons. The summed E-state index contributed by atoms with van der Waals surface area (Å²) in [7, 11) is 0. The van der Waals surface area contributed by atoms with Crippen LogP contribution in [0.5, 0.6) is 0 Å². The first-order valence-electron chi connectivity index (χ1n) is 14.3. The number of carbonyl (C=O) groups is 4. The van der Waals surface area contributed by atoms with E-state index in [1.807, 2.05) is 0 Å². The number of Topliss-reactive ketones (excluding diaryl/α,β-unsaturated/α-hetero) is 1. The Kier molecular flexibility index (Phi) is 24.3. The topological polar surface area (TPSA) is 131 Å². The van der Waals surface area contributed by atoms with Gasteiger partial charge in [0.2, 0.25) is 11.8 Å². The van der Waals surface area contributed by atoms with Crippen molar-refractivity contribution >= 4 is 23.6 Å². The summed E-state index contributed by atoms with van der Waals surface area (Å²) in [5, 5.41) is 14.6. The molecule has 3 N–H and O–H groups in total. The van der Waals surface area contributed by atoms with Gasteiger partial charge in [0.05, 0.1) is 19.8 Å². The molecule has 0 bridgehead atoms. The van der Waals surface area contributed by atoms with Gasteiger partial charge in [0.25, 0.3) is 0 Å². The predicted octanol–water partition coefficient (Wildman–Crippen LogP) is 4.56. The molecular weight excluding hydrogens is 476 g/mol.